The number of ether oxygens (including phenoxy) is 1. The van der Waals surface area contributed by atoms with Crippen LogP contribution in [-0.4, -0.2) is 41.8 Å². The molecule has 0 aromatic heterocycles. The van der Waals surface area contributed by atoms with Crippen molar-refractivity contribution in [3.8, 4) is 0 Å². The highest BCUT2D eigenvalue weighted by molar-refractivity contribution is 5.66. The number of carbonyl (C=O) groups is 1. The lowest BCUT2D eigenvalue weighted by atomic mass is 10.1. The van der Waals surface area contributed by atoms with Gasteiger partial charge in [0.2, 0.25) is 0 Å². The Kier molecular flexibility index (Phi) is 6.70. The first-order valence-electron chi connectivity index (χ1n) is 7.84. The van der Waals surface area contributed by atoms with E-state index in [1.54, 1.807) is 0 Å². The summed E-state index contributed by atoms with van der Waals surface area (Å²) in [7, 11) is 0. The highest BCUT2D eigenvalue weighted by Gasteiger charge is 2.18. The number of hydrogen-bond donors (Lipinski definition) is 1. The number of benzene rings is 1. The van der Waals surface area contributed by atoms with Gasteiger partial charge in [-0.1, -0.05) is 30.3 Å². The normalized spacial score (nSPS) is 18.8. The number of carboxylic acids is 1. The van der Waals surface area contributed by atoms with Gasteiger partial charge in [-0.25, -0.2) is 0 Å². The second kappa shape index (κ2) is 8.80. The molecule has 1 atom stereocenters. The lowest BCUT2D eigenvalue weighted by Crippen LogP contribution is -2.36. The molecule has 1 fully saturated rings. The lowest BCUT2D eigenvalue weighted by Gasteiger charge is -2.30. The molecule has 0 amide bonds. The molecule has 2 rings (SSSR count). The number of rotatable bonds is 8. The Hall–Kier alpha value is -1.39. The molecule has 1 aromatic carbocycles. The van der Waals surface area contributed by atoms with E-state index in [0.29, 0.717) is 12.5 Å². The topological polar surface area (TPSA) is 49.8 Å². The number of nitrogens with zero attached hydrogens (tertiary/aromatic N) is 1. The zero-order chi connectivity index (χ0) is 14.9. The number of carboxylic acid groups (broad SMARTS) is 1. The van der Waals surface area contributed by atoms with E-state index in [-0.39, 0.29) is 6.42 Å². The first kappa shape index (κ1) is 16.0. The van der Waals surface area contributed by atoms with Crippen molar-refractivity contribution >= 4 is 5.97 Å². The van der Waals surface area contributed by atoms with E-state index in [0.717, 1.165) is 39.1 Å². The molecule has 0 aliphatic carbocycles. The van der Waals surface area contributed by atoms with Gasteiger partial charge in [0.1, 0.15) is 0 Å². The molecule has 0 spiro atoms. The predicted octanol–water partition coefficient (Wildman–Crippen LogP) is 2.92. The molecular formula is C17H25NO3. The van der Waals surface area contributed by atoms with Crippen LogP contribution in [0.1, 0.15) is 37.7 Å². The molecule has 1 aromatic rings. The van der Waals surface area contributed by atoms with Crippen LogP contribution in [0.25, 0.3) is 0 Å². The minimum atomic E-state index is -0.719. The van der Waals surface area contributed by atoms with Gasteiger partial charge >= 0.3 is 5.97 Å². The van der Waals surface area contributed by atoms with Crippen LogP contribution in [0.3, 0.4) is 0 Å². The van der Waals surface area contributed by atoms with Crippen molar-refractivity contribution < 1.29 is 14.6 Å². The van der Waals surface area contributed by atoms with Gasteiger partial charge < -0.3 is 9.84 Å². The Balaban J connectivity index is 1.87. The summed E-state index contributed by atoms with van der Waals surface area (Å²) in [4.78, 5) is 13.0. The quantitative estimate of drug-likeness (QED) is 0.800. The molecule has 0 radical (unpaired) electrons. The molecular weight excluding hydrogens is 266 g/mol. The maximum Gasteiger partial charge on any atom is 0.303 e. The van der Waals surface area contributed by atoms with E-state index in [2.05, 4.69) is 17.0 Å². The standard InChI is InChI=1S/C17H25NO3/c19-17(20)10-6-11-18(13-15-7-2-1-3-8-15)14-16-9-4-5-12-21-16/h1-3,7-8,16H,4-6,9-14H2,(H,19,20). The number of hydrogen-bond acceptors (Lipinski definition) is 3. The maximum atomic E-state index is 10.7. The summed E-state index contributed by atoms with van der Waals surface area (Å²) < 4.78 is 5.82. The van der Waals surface area contributed by atoms with Crippen molar-refractivity contribution in [1.29, 1.82) is 0 Å². The highest BCUT2D eigenvalue weighted by atomic mass is 16.5. The van der Waals surface area contributed by atoms with Gasteiger partial charge in [0.05, 0.1) is 6.10 Å². The summed E-state index contributed by atoms with van der Waals surface area (Å²) >= 11 is 0. The molecule has 1 aliphatic heterocycles. The van der Waals surface area contributed by atoms with Crippen LogP contribution in [0.2, 0.25) is 0 Å². The Morgan fingerprint density at radius 2 is 2.10 bits per heavy atom. The largest absolute Gasteiger partial charge is 0.481 e. The molecule has 1 heterocycles. The zero-order valence-corrected chi connectivity index (χ0v) is 12.5. The third-order valence-electron chi connectivity index (χ3n) is 3.85. The third kappa shape index (κ3) is 6.27. The average molecular weight is 291 g/mol. The summed E-state index contributed by atoms with van der Waals surface area (Å²) in [5.74, 6) is -0.719. The molecule has 1 N–H and O–H groups in total. The van der Waals surface area contributed by atoms with E-state index in [1.165, 1.54) is 12.0 Å². The number of aliphatic carboxylic acids is 1. The van der Waals surface area contributed by atoms with Crippen LogP contribution in [0.5, 0.6) is 0 Å². The Morgan fingerprint density at radius 3 is 2.76 bits per heavy atom. The Bertz CT molecular complexity index is 415. The minimum Gasteiger partial charge on any atom is -0.481 e. The average Bonchev–Trinajstić information content (AvgIpc) is 2.49. The van der Waals surface area contributed by atoms with Crippen LogP contribution in [0.4, 0.5) is 0 Å². The van der Waals surface area contributed by atoms with Gasteiger partial charge in [0.15, 0.2) is 0 Å². The lowest BCUT2D eigenvalue weighted by molar-refractivity contribution is -0.137. The fraction of sp³-hybridized carbons (Fsp3) is 0.588. The van der Waals surface area contributed by atoms with Gasteiger partial charge in [0.25, 0.3) is 0 Å². The molecule has 1 aliphatic rings. The third-order valence-corrected chi connectivity index (χ3v) is 3.85. The molecule has 1 saturated heterocycles. The molecule has 0 saturated carbocycles. The summed E-state index contributed by atoms with van der Waals surface area (Å²) in [5.41, 5.74) is 1.27. The van der Waals surface area contributed by atoms with Crippen molar-refractivity contribution in [3.63, 3.8) is 0 Å². The fourth-order valence-corrected chi connectivity index (χ4v) is 2.77. The van der Waals surface area contributed by atoms with E-state index in [1.807, 2.05) is 18.2 Å². The summed E-state index contributed by atoms with van der Waals surface area (Å²) in [6, 6.07) is 10.3. The van der Waals surface area contributed by atoms with Crippen molar-refractivity contribution in [2.75, 3.05) is 19.7 Å². The van der Waals surface area contributed by atoms with E-state index in [4.69, 9.17) is 9.84 Å². The van der Waals surface area contributed by atoms with Crippen molar-refractivity contribution in [2.24, 2.45) is 0 Å². The fourth-order valence-electron chi connectivity index (χ4n) is 2.77. The van der Waals surface area contributed by atoms with E-state index < -0.39 is 5.97 Å². The van der Waals surface area contributed by atoms with Crippen LogP contribution in [0.15, 0.2) is 30.3 Å². The molecule has 4 nitrogen and oxygen atoms in total. The first-order valence-corrected chi connectivity index (χ1v) is 7.84. The van der Waals surface area contributed by atoms with E-state index in [9.17, 15) is 4.79 Å². The van der Waals surface area contributed by atoms with Crippen LogP contribution >= 0.6 is 0 Å². The second-order valence-corrected chi connectivity index (χ2v) is 5.71. The molecule has 0 bridgehead atoms. The minimum absolute atomic E-state index is 0.233. The van der Waals surface area contributed by atoms with Crippen molar-refractivity contribution in [3.05, 3.63) is 35.9 Å². The monoisotopic (exact) mass is 291 g/mol. The van der Waals surface area contributed by atoms with Gasteiger partial charge in [-0.05, 0) is 37.8 Å². The van der Waals surface area contributed by atoms with Crippen LogP contribution in [-0.2, 0) is 16.1 Å². The van der Waals surface area contributed by atoms with Crippen molar-refractivity contribution in [2.45, 2.75) is 44.8 Å². The van der Waals surface area contributed by atoms with Gasteiger partial charge in [0, 0.05) is 26.1 Å². The predicted molar refractivity (Wildman–Crippen MR) is 82.2 cm³/mol. The molecule has 1 unspecified atom stereocenters. The summed E-state index contributed by atoms with van der Waals surface area (Å²) in [6.07, 6.45) is 4.73. The highest BCUT2D eigenvalue weighted by Crippen LogP contribution is 2.16. The van der Waals surface area contributed by atoms with Gasteiger partial charge in [-0.15, -0.1) is 0 Å². The van der Waals surface area contributed by atoms with Crippen LogP contribution in [0, 0.1) is 0 Å². The van der Waals surface area contributed by atoms with Gasteiger partial charge in [-0.2, -0.15) is 0 Å². The molecule has 21 heavy (non-hydrogen) atoms. The van der Waals surface area contributed by atoms with Crippen molar-refractivity contribution in [1.82, 2.24) is 4.90 Å². The maximum absolute atomic E-state index is 10.7. The van der Waals surface area contributed by atoms with Gasteiger partial charge in [-0.3, -0.25) is 9.69 Å². The SMILES string of the molecule is O=C(O)CCCN(Cc1ccccc1)CC1CCCCO1. The first-order chi connectivity index (χ1) is 10.2. The Morgan fingerprint density at radius 1 is 1.29 bits per heavy atom. The summed E-state index contributed by atoms with van der Waals surface area (Å²) in [5, 5.41) is 8.79. The van der Waals surface area contributed by atoms with Crippen LogP contribution < -0.4 is 0 Å². The molecule has 116 valence electrons. The Labute approximate surface area is 126 Å². The van der Waals surface area contributed by atoms with E-state index >= 15 is 0 Å². The molecule has 4 heteroatoms. The zero-order valence-electron chi connectivity index (χ0n) is 12.5. The smallest absolute Gasteiger partial charge is 0.303 e. The second-order valence-electron chi connectivity index (χ2n) is 5.71. The summed E-state index contributed by atoms with van der Waals surface area (Å²) in [6.45, 7) is 3.43.